The second-order valence-corrected chi connectivity index (χ2v) is 8.71. The number of aromatic nitrogens is 1. The molecule has 1 aromatic carbocycles. The van der Waals surface area contributed by atoms with Gasteiger partial charge in [-0.25, -0.2) is 8.42 Å². The minimum Gasteiger partial charge on any atom is -0.361 e. The molecule has 1 aliphatic heterocycles. The number of hydrogen-bond acceptors (Lipinski definition) is 2. The van der Waals surface area contributed by atoms with Gasteiger partial charge in [-0.05, 0) is 55.4 Å². The van der Waals surface area contributed by atoms with Crippen LogP contribution in [-0.4, -0.2) is 30.8 Å². The molecule has 122 valence electrons. The number of nitrogens with one attached hydrogen (secondary N) is 1. The largest absolute Gasteiger partial charge is 0.361 e. The van der Waals surface area contributed by atoms with Gasteiger partial charge in [0.15, 0.2) is 0 Å². The molecule has 4 nitrogen and oxygen atoms in total. The van der Waals surface area contributed by atoms with Crippen molar-refractivity contribution >= 4 is 20.9 Å². The lowest BCUT2D eigenvalue weighted by Crippen LogP contribution is -2.34. The smallest absolute Gasteiger partial charge is 0.243 e. The van der Waals surface area contributed by atoms with Gasteiger partial charge in [0, 0.05) is 31.6 Å². The van der Waals surface area contributed by atoms with Gasteiger partial charge in [-0.2, -0.15) is 4.31 Å². The van der Waals surface area contributed by atoms with E-state index in [1.165, 1.54) is 0 Å². The fraction of sp³-hybridized carbons (Fsp3) is 0.529. The fourth-order valence-electron chi connectivity index (χ4n) is 3.45. The normalized spacial score (nSPS) is 24.5. The third-order valence-corrected chi connectivity index (χ3v) is 6.55. The van der Waals surface area contributed by atoms with E-state index in [4.69, 9.17) is 0 Å². The Morgan fingerprint density at radius 1 is 1.27 bits per heavy atom. The van der Waals surface area contributed by atoms with Crippen LogP contribution in [0.4, 0.5) is 0 Å². The highest BCUT2D eigenvalue weighted by molar-refractivity contribution is 7.89. The summed E-state index contributed by atoms with van der Waals surface area (Å²) >= 11 is 0. The second kappa shape index (κ2) is 5.70. The van der Waals surface area contributed by atoms with Gasteiger partial charge in [-0.1, -0.05) is 13.8 Å². The van der Waals surface area contributed by atoms with Crippen molar-refractivity contribution in [1.82, 2.24) is 9.29 Å². The summed E-state index contributed by atoms with van der Waals surface area (Å²) in [5.41, 5.74) is 2.05. The number of H-pyrrole nitrogens is 1. The van der Waals surface area contributed by atoms with E-state index in [9.17, 15) is 8.42 Å². The molecule has 3 rings (SSSR count). The predicted octanol–water partition coefficient (Wildman–Crippen LogP) is 3.78. The van der Waals surface area contributed by atoms with Crippen molar-refractivity contribution in [2.24, 2.45) is 11.8 Å². The highest BCUT2D eigenvalue weighted by Gasteiger charge is 2.29. The number of aromatic amines is 1. The molecule has 0 radical (unpaired) electrons. The summed E-state index contributed by atoms with van der Waals surface area (Å²) < 4.78 is 27.6. The van der Waals surface area contributed by atoms with E-state index in [-0.39, 0.29) is 1.43 Å². The predicted molar refractivity (Wildman–Crippen MR) is 91.5 cm³/mol. The van der Waals surface area contributed by atoms with Crippen molar-refractivity contribution in [3.63, 3.8) is 0 Å². The minimum atomic E-state index is -3.41. The van der Waals surface area contributed by atoms with Crippen LogP contribution >= 0.6 is 0 Å². The molecule has 2 unspecified atom stereocenters. The molecule has 1 aromatic heterocycles. The number of nitrogens with zero attached hydrogens (tertiary/aromatic N) is 1. The van der Waals surface area contributed by atoms with Crippen molar-refractivity contribution < 1.29 is 9.84 Å². The Hall–Kier alpha value is -1.33. The number of aryl methyl sites for hydroxylation is 1. The molecule has 0 saturated carbocycles. The summed E-state index contributed by atoms with van der Waals surface area (Å²) in [5.74, 6) is 0.995. The molecule has 2 atom stereocenters. The Balaban J connectivity index is 0.00000192. The molecule has 2 aromatic rings. The van der Waals surface area contributed by atoms with Crippen LogP contribution in [0.25, 0.3) is 10.9 Å². The standard InChI is InChI=1S/C17H24N2O2S.H2/c1-12-6-7-19(11-13(2)8-12)22(20,21)15-4-5-17-16(9-15)14(3)10-18-17;/h4-5,9-10,12-13,18H,6-8,11H2,1-3H3;1H. The summed E-state index contributed by atoms with van der Waals surface area (Å²) in [4.78, 5) is 3.57. The summed E-state index contributed by atoms with van der Waals surface area (Å²) in [7, 11) is -3.41. The molecule has 5 heteroatoms. The zero-order valence-corrected chi connectivity index (χ0v) is 14.3. The third-order valence-electron chi connectivity index (χ3n) is 4.69. The molecule has 1 aliphatic rings. The first-order valence-corrected chi connectivity index (χ1v) is 9.40. The van der Waals surface area contributed by atoms with Gasteiger partial charge in [0.1, 0.15) is 0 Å². The summed E-state index contributed by atoms with van der Waals surface area (Å²) in [6, 6.07) is 5.38. The van der Waals surface area contributed by atoms with E-state index in [2.05, 4.69) is 18.8 Å². The minimum absolute atomic E-state index is 0. The first-order chi connectivity index (χ1) is 10.4. The SMILES string of the molecule is Cc1c[nH]c2ccc(S(=O)(=O)N3CCC(C)CC(C)C3)cc12.[HH]. The molecule has 0 aliphatic carbocycles. The monoisotopic (exact) mass is 322 g/mol. The number of rotatable bonds is 2. The molecule has 0 spiro atoms. The van der Waals surface area contributed by atoms with E-state index in [0.717, 1.165) is 29.3 Å². The van der Waals surface area contributed by atoms with Crippen molar-refractivity contribution in [2.75, 3.05) is 13.1 Å². The van der Waals surface area contributed by atoms with E-state index in [1.54, 1.807) is 16.4 Å². The maximum atomic E-state index is 13.0. The lowest BCUT2D eigenvalue weighted by molar-refractivity contribution is 0.378. The van der Waals surface area contributed by atoms with Gasteiger partial charge in [0.05, 0.1) is 4.90 Å². The highest BCUT2D eigenvalue weighted by Crippen LogP contribution is 2.28. The topological polar surface area (TPSA) is 53.2 Å². The van der Waals surface area contributed by atoms with Gasteiger partial charge < -0.3 is 4.98 Å². The van der Waals surface area contributed by atoms with Gasteiger partial charge in [-0.3, -0.25) is 0 Å². The maximum Gasteiger partial charge on any atom is 0.243 e. The Morgan fingerprint density at radius 2 is 2.05 bits per heavy atom. The lowest BCUT2D eigenvalue weighted by Gasteiger charge is -2.22. The number of benzene rings is 1. The van der Waals surface area contributed by atoms with Crippen molar-refractivity contribution in [3.8, 4) is 0 Å². The lowest BCUT2D eigenvalue weighted by atomic mass is 9.97. The quantitative estimate of drug-likeness (QED) is 0.915. The van der Waals surface area contributed by atoms with Gasteiger partial charge >= 0.3 is 0 Å². The molecule has 0 bridgehead atoms. The van der Waals surface area contributed by atoms with E-state index in [0.29, 0.717) is 29.8 Å². The van der Waals surface area contributed by atoms with Crippen molar-refractivity contribution in [3.05, 3.63) is 30.0 Å². The van der Waals surface area contributed by atoms with Crippen molar-refractivity contribution in [2.45, 2.75) is 38.5 Å². The zero-order chi connectivity index (χ0) is 15.9. The highest BCUT2D eigenvalue weighted by atomic mass is 32.2. The molecule has 1 N–H and O–H groups in total. The molecule has 2 heterocycles. The number of sulfonamides is 1. The Bertz CT molecular complexity index is 785. The molecule has 22 heavy (non-hydrogen) atoms. The average Bonchev–Trinajstić information content (AvgIpc) is 2.74. The van der Waals surface area contributed by atoms with E-state index >= 15 is 0 Å². The van der Waals surface area contributed by atoms with E-state index < -0.39 is 10.0 Å². The number of hydrogen-bond donors (Lipinski definition) is 1. The third kappa shape index (κ3) is 2.79. The van der Waals surface area contributed by atoms with Crippen LogP contribution in [0.2, 0.25) is 0 Å². The summed E-state index contributed by atoms with van der Waals surface area (Å²) in [6.45, 7) is 7.59. The first-order valence-electron chi connectivity index (χ1n) is 7.96. The van der Waals surface area contributed by atoms with Crippen LogP contribution < -0.4 is 0 Å². The van der Waals surface area contributed by atoms with Crippen LogP contribution in [0.15, 0.2) is 29.3 Å². The van der Waals surface area contributed by atoms with Crippen LogP contribution in [0, 0.1) is 18.8 Å². The molecule has 1 saturated heterocycles. The van der Waals surface area contributed by atoms with Gasteiger partial charge in [0.25, 0.3) is 0 Å². The molecular weight excluding hydrogens is 296 g/mol. The number of fused-ring (bicyclic) bond motifs is 1. The van der Waals surface area contributed by atoms with Crippen LogP contribution in [0.5, 0.6) is 0 Å². The summed E-state index contributed by atoms with van der Waals surface area (Å²) in [5, 5.41) is 0.984. The Kier molecular flexibility index (Phi) is 4.03. The maximum absolute atomic E-state index is 13.0. The molecule has 0 amide bonds. The van der Waals surface area contributed by atoms with Crippen LogP contribution in [0.1, 0.15) is 33.7 Å². The first kappa shape index (κ1) is 15.6. The van der Waals surface area contributed by atoms with Crippen LogP contribution in [0.3, 0.4) is 0 Å². The van der Waals surface area contributed by atoms with E-state index in [1.807, 2.05) is 19.2 Å². The van der Waals surface area contributed by atoms with Crippen molar-refractivity contribution in [1.29, 1.82) is 0 Å². The van der Waals surface area contributed by atoms with Gasteiger partial charge in [0.2, 0.25) is 10.0 Å². The fourth-order valence-corrected chi connectivity index (χ4v) is 5.05. The van der Waals surface area contributed by atoms with Crippen LogP contribution in [-0.2, 0) is 10.0 Å². The second-order valence-electron chi connectivity index (χ2n) is 6.78. The van der Waals surface area contributed by atoms with Gasteiger partial charge in [-0.15, -0.1) is 0 Å². The Morgan fingerprint density at radius 3 is 2.82 bits per heavy atom. The summed E-state index contributed by atoms with van der Waals surface area (Å²) in [6.07, 6.45) is 3.95. The average molecular weight is 322 g/mol. The Labute approximate surface area is 134 Å². The molecule has 1 fully saturated rings. The zero-order valence-electron chi connectivity index (χ0n) is 13.5. The molecular formula is C17H26N2O2S.